The number of hydrogen-bond donors (Lipinski definition) is 1. The van der Waals surface area contributed by atoms with Crippen LogP contribution in [0.2, 0.25) is 5.02 Å². The molecule has 166 valence electrons. The number of aliphatic hydroxyl groups is 1. The number of aromatic nitrogens is 1. The van der Waals surface area contributed by atoms with E-state index in [2.05, 4.69) is 39.9 Å². The maximum Gasteiger partial charge on any atom is 0.253 e. The highest BCUT2D eigenvalue weighted by molar-refractivity contribution is 6.30. The number of amides is 1. The maximum atomic E-state index is 12.8. The molecule has 32 heavy (non-hydrogen) atoms. The van der Waals surface area contributed by atoms with Gasteiger partial charge in [0.25, 0.3) is 5.91 Å². The lowest BCUT2D eigenvalue weighted by Crippen LogP contribution is -2.54. The quantitative estimate of drug-likeness (QED) is 0.664. The molecule has 2 aromatic carbocycles. The Morgan fingerprint density at radius 2 is 1.78 bits per heavy atom. The van der Waals surface area contributed by atoms with Gasteiger partial charge in [0.15, 0.2) is 0 Å². The Balaban J connectivity index is 1.25. The van der Waals surface area contributed by atoms with E-state index in [0.717, 1.165) is 36.2 Å². The van der Waals surface area contributed by atoms with Gasteiger partial charge in [-0.25, -0.2) is 0 Å². The van der Waals surface area contributed by atoms with Gasteiger partial charge in [0.05, 0.1) is 17.7 Å². The van der Waals surface area contributed by atoms with Crippen molar-refractivity contribution in [1.29, 1.82) is 0 Å². The molecule has 6 nitrogen and oxygen atoms in total. The molecule has 3 aromatic rings. The van der Waals surface area contributed by atoms with E-state index in [9.17, 15) is 9.90 Å². The monoisotopic (exact) mass is 450 g/mol. The summed E-state index contributed by atoms with van der Waals surface area (Å²) < 4.78 is 0. The molecule has 5 rings (SSSR count). The van der Waals surface area contributed by atoms with E-state index in [0.29, 0.717) is 30.2 Å². The van der Waals surface area contributed by atoms with Crippen molar-refractivity contribution >= 4 is 34.1 Å². The highest BCUT2D eigenvalue weighted by Crippen LogP contribution is 2.30. The fourth-order valence-corrected chi connectivity index (χ4v) is 5.00. The second-order valence-corrected chi connectivity index (χ2v) is 9.16. The zero-order valence-corrected chi connectivity index (χ0v) is 18.9. The number of halogens is 1. The fraction of sp³-hybridized carbons (Fsp3) is 0.360. The van der Waals surface area contributed by atoms with E-state index in [1.54, 1.807) is 24.3 Å². The third-order valence-electron chi connectivity index (χ3n) is 6.64. The van der Waals surface area contributed by atoms with Crippen LogP contribution in [-0.4, -0.2) is 77.2 Å². The molecule has 1 N–H and O–H groups in total. The Bertz CT molecular complexity index is 1130. The summed E-state index contributed by atoms with van der Waals surface area (Å²) >= 11 is 5.94. The predicted octanol–water partition coefficient (Wildman–Crippen LogP) is 3.20. The normalized spacial score (nSPS) is 22.0. The minimum atomic E-state index is -0.429. The standard InChI is InChI=1S/C25H27ClN4O2/c1-17-2-7-20-21(14-17)27-9-8-22(20)30-15-23(24(31)16-30)28-10-12-29(13-11-28)25(32)18-3-5-19(26)6-4-18/h2-9,14,23-24,31H,10-13,15-16H2,1H3/t23-,24-/m1/s1. The van der Waals surface area contributed by atoms with Crippen LogP contribution in [0.1, 0.15) is 15.9 Å². The van der Waals surface area contributed by atoms with Gasteiger partial charge < -0.3 is 14.9 Å². The van der Waals surface area contributed by atoms with E-state index >= 15 is 0 Å². The molecule has 2 atom stereocenters. The van der Waals surface area contributed by atoms with Gasteiger partial charge in [0.1, 0.15) is 0 Å². The highest BCUT2D eigenvalue weighted by Gasteiger charge is 2.37. The number of nitrogens with zero attached hydrogens (tertiary/aromatic N) is 4. The zero-order valence-electron chi connectivity index (χ0n) is 18.1. The van der Waals surface area contributed by atoms with E-state index in [1.165, 1.54) is 5.56 Å². The summed E-state index contributed by atoms with van der Waals surface area (Å²) in [6.45, 7) is 6.25. The summed E-state index contributed by atoms with van der Waals surface area (Å²) in [6.07, 6.45) is 1.42. The fourth-order valence-electron chi connectivity index (χ4n) is 4.88. The van der Waals surface area contributed by atoms with Crippen LogP contribution in [0.25, 0.3) is 10.9 Å². The lowest BCUT2D eigenvalue weighted by atomic mass is 10.1. The van der Waals surface area contributed by atoms with Crippen LogP contribution < -0.4 is 4.90 Å². The molecule has 2 aliphatic rings. The van der Waals surface area contributed by atoms with Crippen LogP contribution in [0, 0.1) is 6.92 Å². The van der Waals surface area contributed by atoms with Crippen molar-refractivity contribution in [1.82, 2.24) is 14.8 Å². The molecular formula is C25H27ClN4O2. The number of carbonyl (C=O) groups is 1. The minimum absolute atomic E-state index is 0.0356. The first kappa shape index (κ1) is 21.2. The highest BCUT2D eigenvalue weighted by atomic mass is 35.5. The maximum absolute atomic E-state index is 12.8. The Morgan fingerprint density at radius 3 is 2.53 bits per heavy atom. The van der Waals surface area contributed by atoms with Crippen molar-refractivity contribution in [3.05, 3.63) is 70.9 Å². The second kappa shape index (κ2) is 8.70. The minimum Gasteiger partial charge on any atom is -0.390 e. The Kier molecular flexibility index (Phi) is 5.76. The summed E-state index contributed by atoms with van der Waals surface area (Å²) in [5, 5.41) is 12.6. The first-order valence-electron chi connectivity index (χ1n) is 11.1. The SMILES string of the molecule is Cc1ccc2c(N3C[C@@H](O)[C@H](N4CCN(C(=O)c5ccc(Cl)cc5)CC4)C3)ccnc2c1. The summed E-state index contributed by atoms with van der Waals surface area (Å²) in [5.41, 5.74) is 3.95. The molecule has 0 radical (unpaired) electrons. The molecule has 7 heteroatoms. The number of β-amino-alcohol motifs (C(OH)–C–C–N with tert-alkyl or cyclic N) is 1. The molecule has 0 spiro atoms. The number of aryl methyl sites for hydroxylation is 1. The molecule has 2 saturated heterocycles. The van der Waals surface area contributed by atoms with E-state index < -0.39 is 6.10 Å². The topological polar surface area (TPSA) is 59.9 Å². The first-order valence-corrected chi connectivity index (χ1v) is 11.4. The smallest absolute Gasteiger partial charge is 0.253 e. The van der Waals surface area contributed by atoms with Crippen LogP contribution in [-0.2, 0) is 0 Å². The van der Waals surface area contributed by atoms with Crippen molar-refractivity contribution in [2.24, 2.45) is 0 Å². The van der Waals surface area contributed by atoms with Crippen molar-refractivity contribution in [3.63, 3.8) is 0 Å². The molecule has 0 bridgehead atoms. The molecule has 0 aliphatic carbocycles. The molecule has 3 heterocycles. The first-order chi connectivity index (χ1) is 15.5. The summed E-state index contributed by atoms with van der Waals surface area (Å²) in [5.74, 6) is 0.0356. The largest absolute Gasteiger partial charge is 0.390 e. The number of fused-ring (bicyclic) bond motifs is 1. The van der Waals surface area contributed by atoms with Gasteiger partial charge in [0, 0.05) is 67.1 Å². The van der Waals surface area contributed by atoms with E-state index in [-0.39, 0.29) is 11.9 Å². The van der Waals surface area contributed by atoms with Crippen LogP contribution in [0.3, 0.4) is 0 Å². The van der Waals surface area contributed by atoms with Crippen LogP contribution in [0.4, 0.5) is 5.69 Å². The van der Waals surface area contributed by atoms with Gasteiger partial charge >= 0.3 is 0 Å². The average Bonchev–Trinajstić information content (AvgIpc) is 3.20. The van der Waals surface area contributed by atoms with Gasteiger partial charge in [-0.1, -0.05) is 23.7 Å². The van der Waals surface area contributed by atoms with E-state index in [4.69, 9.17) is 11.6 Å². The van der Waals surface area contributed by atoms with Crippen LogP contribution >= 0.6 is 11.6 Å². The second-order valence-electron chi connectivity index (χ2n) is 8.73. The van der Waals surface area contributed by atoms with Crippen LogP contribution in [0.5, 0.6) is 0 Å². The van der Waals surface area contributed by atoms with Crippen molar-refractivity contribution in [2.45, 2.75) is 19.1 Å². The number of benzene rings is 2. The number of aliphatic hydroxyl groups excluding tert-OH is 1. The van der Waals surface area contributed by atoms with Gasteiger partial charge in [-0.05, 0) is 48.9 Å². The molecule has 0 unspecified atom stereocenters. The van der Waals surface area contributed by atoms with Crippen LogP contribution in [0.15, 0.2) is 54.7 Å². The average molecular weight is 451 g/mol. The Morgan fingerprint density at radius 1 is 1.03 bits per heavy atom. The predicted molar refractivity (Wildman–Crippen MR) is 127 cm³/mol. The molecule has 1 amide bonds. The van der Waals surface area contributed by atoms with Gasteiger partial charge in [-0.3, -0.25) is 14.7 Å². The number of rotatable bonds is 3. The number of hydrogen-bond acceptors (Lipinski definition) is 5. The van der Waals surface area contributed by atoms with Gasteiger partial charge in [-0.2, -0.15) is 0 Å². The number of pyridine rings is 1. The molecule has 2 aliphatic heterocycles. The summed E-state index contributed by atoms with van der Waals surface area (Å²) in [6, 6.07) is 15.5. The van der Waals surface area contributed by atoms with Gasteiger partial charge in [-0.15, -0.1) is 0 Å². The Labute approximate surface area is 193 Å². The molecular weight excluding hydrogens is 424 g/mol. The number of piperazine rings is 1. The molecule has 1 aromatic heterocycles. The number of anilines is 1. The number of carbonyl (C=O) groups excluding carboxylic acids is 1. The molecule has 0 saturated carbocycles. The van der Waals surface area contributed by atoms with Crippen molar-refractivity contribution < 1.29 is 9.90 Å². The Hall–Kier alpha value is -2.67. The van der Waals surface area contributed by atoms with E-state index in [1.807, 2.05) is 17.2 Å². The summed E-state index contributed by atoms with van der Waals surface area (Å²) in [4.78, 5) is 23.8. The summed E-state index contributed by atoms with van der Waals surface area (Å²) in [7, 11) is 0. The third kappa shape index (κ3) is 4.06. The third-order valence-corrected chi connectivity index (χ3v) is 6.89. The molecule has 2 fully saturated rings. The lowest BCUT2D eigenvalue weighted by Gasteiger charge is -2.38. The van der Waals surface area contributed by atoms with Crippen molar-refractivity contribution in [2.75, 3.05) is 44.2 Å². The van der Waals surface area contributed by atoms with Crippen molar-refractivity contribution in [3.8, 4) is 0 Å². The lowest BCUT2D eigenvalue weighted by molar-refractivity contribution is 0.0376. The zero-order chi connectivity index (χ0) is 22.2. The van der Waals surface area contributed by atoms with Gasteiger partial charge in [0.2, 0.25) is 0 Å².